The molecule has 4 atom stereocenters. The van der Waals surface area contributed by atoms with Gasteiger partial charge in [-0.15, -0.1) is 0 Å². The van der Waals surface area contributed by atoms with Crippen LogP contribution in [0.3, 0.4) is 0 Å². The molecule has 40 heavy (non-hydrogen) atoms. The van der Waals surface area contributed by atoms with E-state index in [0.29, 0.717) is 0 Å². The van der Waals surface area contributed by atoms with Crippen molar-refractivity contribution in [2.75, 3.05) is 0 Å². The zero-order valence-electron chi connectivity index (χ0n) is 25.8. The smallest absolute Gasteiger partial charge is 1.00 e. The summed E-state index contributed by atoms with van der Waals surface area (Å²) in [4.78, 5) is 0. The van der Waals surface area contributed by atoms with E-state index in [2.05, 4.69) is 76.3 Å². The summed E-state index contributed by atoms with van der Waals surface area (Å²) in [5.41, 5.74) is 4.13. The molecule has 0 N–H and O–H groups in total. The molecule has 2 saturated heterocycles. The molecule has 0 saturated carbocycles. The first-order valence-electron chi connectivity index (χ1n) is 14.5. The van der Waals surface area contributed by atoms with Gasteiger partial charge in [-0.1, -0.05) is 64.1 Å². The average molecular weight is 692 g/mol. The first-order valence-corrected chi connectivity index (χ1v) is 17.8. The normalized spacial score (nSPS) is 24.6. The molecule has 0 unspecified atom stereocenters. The van der Waals surface area contributed by atoms with Crippen molar-refractivity contribution in [2.45, 2.75) is 127 Å². The fourth-order valence-corrected chi connectivity index (χ4v) is 15.5. The van der Waals surface area contributed by atoms with Crippen LogP contribution in [0.2, 0.25) is 0 Å². The topological polar surface area (TPSA) is 0 Å². The number of allylic oxidation sites excluding steroid dienone is 4. The van der Waals surface area contributed by atoms with Gasteiger partial charge >= 0.3 is 27.0 Å². The molecule has 2 aliphatic heterocycles. The molecular weight excluding hydrogens is 636 g/mol. The van der Waals surface area contributed by atoms with Gasteiger partial charge in [-0.05, 0) is 89.2 Å². The Kier molecular flexibility index (Phi) is 28.3. The van der Waals surface area contributed by atoms with Crippen LogP contribution in [0.25, 0.3) is 0 Å². The third kappa shape index (κ3) is 14.0. The van der Waals surface area contributed by atoms with Gasteiger partial charge in [-0.2, -0.15) is 0 Å². The Balaban J connectivity index is -0.000000725. The van der Waals surface area contributed by atoms with Crippen molar-refractivity contribution in [1.29, 1.82) is 0 Å². The van der Waals surface area contributed by atoms with Crippen LogP contribution in [0.5, 0.6) is 0 Å². The molecule has 1 aromatic rings. The van der Waals surface area contributed by atoms with E-state index in [1.165, 1.54) is 77.0 Å². The van der Waals surface area contributed by atoms with Crippen LogP contribution in [0.15, 0.2) is 48.6 Å². The average Bonchev–Trinajstić information content (AvgIpc) is 3.47. The van der Waals surface area contributed by atoms with Gasteiger partial charge in [0.15, 0.2) is 0 Å². The first kappa shape index (κ1) is 44.4. The van der Waals surface area contributed by atoms with Crippen molar-refractivity contribution in [3.05, 3.63) is 63.4 Å². The summed E-state index contributed by atoms with van der Waals surface area (Å²) in [6.07, 6.45) is 25.7. The summed E-state index contributed by atoms with van der Waals surface area (Å²) in [7, 11) is -4.41. The monoisotopic (exact) mass is 692 g/mol. The minimum absolute atomic E-state index is 0. The van der Waals surface area contributed by atoms with Gasteiger partial charge in [-0.25, -0.2) is 0 Å². The molecule has 3 aliphatic rings. The van der Waals surface area contributed by atoms with Gasteiger partial charge < -0.3 is 19.6 Å². The SMILES string of the molecule is C1=CCC/C=C\CC1.CC[C@@H]1CC[C@@H](CC)[PH+]1c1ccccc1[PH+]1[C@H](CC)CC[C@H]1CC.FB(F)F.[CH3-].[CH3-].[F-].[Rh+3]. The van der Waals surface area contributed by atoms with Gasteiger partial charge in [0.1, 0.15) is 10.6 Å². The second-order valence-electron chi connectivity index (χ2n) is 10.4. The standard InChI is InChI=1S/C22H36P2.C8H12.2CH3.BF3.FH.Rh/c1-5-17-13-14-18(6-2)23(17)21-11-9-10-12-22(21)24-19(7-3)15-16-20(24)8-4;1-2-4-6-8-7-5-3-1;;;2-1(3)4;;/h9-12,17-20H,5-8,13-16H2,1-4H3;1-2,7-8H,3-6H2;2*1H3;;1H;/q;;2*-1;;;+3/p+1/b;2-1-,8-7?;;;;;/t17-,18-,19-,20-;;;;;;/m1....../s1. The Hall–Kier alpha value is -0.0317. The van der Waals surface area contributed by atoms with Crippen LogP contribution in [0, 0.1) is 14.9 Å². The Morgan fingerprint density at radius 3 is 1.02 bits per heavy atom. The maximum atomic E-state index is 9.67. The van der Waals surface area contributed by atoms with Crippen LogP contribution in [0.1, 0.15) is 105 Å². The van der Waals surface area contributed by atoms with Crippen molar-refractivity contribution in [1.82, 2.24) is 0 Å². The Morgan fingerprint density at radius 2 is 0.825 bits per heavy atom. The van der Waals surface area contributed by atoms with E-state index in [1.54, 1.807) is 0 Å². The van der Waals surface area contributed by atoms with Crippen molar-refractivity contribution in [3.8, 4) is 0 Å². The molecule has 2 heterocycles. The zero-order chi connectivity index (χ0) is 26.3. The fraction of sp³-hybridized carbons (Fsp3) is 0.625. The molecular formula is C32H56BF4P2Rh+2. The zero-order valence-corrected chi connectivity index (χ0v) is 29.5. The van der Waals surface area contributed by atoms with E-state index in [1.807, 2.05) is 10.6 Å². The predicted octanol–water partition coefficient (Wildman–Crippen LogP) is 7.52. The Bertz CT molecular complexity index is 696. The number of benzene rings is 1. The quantitative estimate of drug-likeness (QED) is 0.0952. The third-order valence-electron chi connectivity index (χ3n) is 8.34. The van der Waals surface area contributed by atoms with E-state index in [0.717, 1.165) is 22.6 Å². The van der Waals surface area contributed by atoms with Crippen molar-refractivity contribution >= 4 is 34.0 Å². The molecule has 0 nitrogen and oxygen atoms in total. The Morgan fingerprint density at radius 1 is 0.600 bits per heavy atom. The van der Waals surface area contributed by atoms with Crippen LogP contribution in [-0.2, 0) is 19.5 Å². The minimum Gasteiger partial charge on any atom is -1.00 e. The summed E-state index contributed by atoms with van der Waals surface area (Å²) >= 11 is 0. The summed E-state index contributed by atoms with van der Waals surface area (Å²) in [5, 5.41) is 3.79. The molecule has 4 rings (SSSR count). The second kappa shape index (κ2) is 25.5. The van der Waals surface area contributed by atoms with Crippen molar-refractivity contribution in [2.24, 2.45) is 0 Å². The number of hydrogen-bond acceptors (Lipinski definition) is 0. The fourth-order valence-electron chi connectivity index (χ4n) is 6.51. The molecule has 8 heteroatoms. The Labute approximate surface area is 261 Å². The number of rotatable bonds is 6. The van der Waals surface area contributed by atoms with Crippen LogP contribution < -0.4 is 15.3 Å². The second-order valence-corrected chi connectivity index (χ2v) is 16.5. The van der Waals surface area contributed by atoms with Gasteiger partial charge in [0.2, 0.25) is 0 Å². The molecule has 0 radical (unpaired) electrons. The van der Waals surface area contributed by atoms with Gasteiger partial charge in [-0.3, -0.25) is 12.9 Å². The molecule has 0 amide bonds. The summed E-state index contributed by atoms with van der Waals surface area (Å²) < 4.78 is 29.0. The summed E-state index contributed by atoms with van der Waals surface area (Å²) in [5.74, 6) is 0. The predicted molar refractivity (Wildman–Crippen MR) is 176 cm³/mol. The van der Waals surface area contributed by atoms with Crippen molar-refractivity contribution in [3.63, 3.8) is 0 Å². The minimum atomic E-state index is -3.67. The van der Waals surface area contributed by atoms with E-state index < -0.39 is 7.54 Å². The van der Waals surface area contributed by atoms with Gasteiger partial charge in [0.25, 0.3) is 0 Å². The van der Waals surface area contributed by atoms with Crippen LogP contribution in [0.4, 0.5) is 12.9 Å². The van der Waals surface area contributed by atoms with Crippen LogP contribution >= 0.6 is 15.8 Å². The van der Waals surface area contributed by atoms with Crippen LogP contribution in [-0.4, -0.2) is 30.2 Å². The summed E-state index contributed by atoms with van der Waals surface area (Å²) in [6, 6.07) is 9.87. The molecule has 1 aliphatic carbocycles. The molecule has 0 spiro atoms. The maximum Gasteiger partial charge on any atom is 3.00 e. The van der Waals surface area contributed by atoms with Gasteiger partial charge in [0.05, 0.1) is 22.6 Å². The summed E-state index contributed by atoms with van der Waals surface area (Å²) in [6.45, 7) is 9.79. The number of hydrogen-bond donors (Lipinski definition) is 0. The first-order chi connectivity index (χ1) is 17.5. The molecule has 2 fully saturated rings. The number of halogens is 4. The molecule has 0 bridgehead atoms. The largest absolute Gasteiger partial charge is 3.00 e. The van der Waals surface area contributed by atoms with E-state index in [4.69, 9.17) is 0 Å². The van der Waals surface area contributed by atoms with Gasteiger partial charge in [0, 0.05) is 15.8 Å². The van der Waals surface area contributed by atoms with E-state index >= 15 is 0 Å². The molecule has 0 aromatic heterocycles. The maximum absolute atomic E-state index is 9.67. The molecule has 1 aromatic carbocycles. The third-order valence-corrected chi connectivity index (χ3v) is 17.0. The van der Waals surface area contributed by atoms with Crippen molar-refractivity contribution < 1.29 is 37.1 Å². The van der Waals surface area contributed by atoms with E-state index in [9.17, 15) is 12.9 Å². The van der Waals surface area contributed by atoms with E-state index in [-0.39, 0.29) is 54.9 Å². The molecule has 232 valence electrons.